The lowest BCUT2D eigenvalue weighted by Gasteiger charge is -2.39. The number of esters is 1. The Bertz CT molecular complexity index is 1020. The molecule has 0 spiro atoms. The molecule has 0 aromatic carbocycles. The Morgan fingerprint density at radius 2 is 1.17 bits per heavy atom. The van der Waals surface area contributed by atoms with Gasteiger partial charge < -0.3 is 39.4 Å². The summed E-state index contributed by atoms with van der Waals surface area (Å²) in [6, 6.07) is 0. The Labute approximate surface area is 315 Å². The van der Waals surface area contributed by atoms with Crippen LogP contribution in [-0.4, -0.2) is 89.6 Å². The number of carbonyl (C=O) groups is 1. The molecule has 0 aliphatic carbocycles. The average molecular weight is 733 g/mol. The highest BCUT2D eigenvalue weighted by atomic mass is 16.7. The minimum Gasteiger partial charge on any atom is -0.457 e. The van der Waals surface area contributed by atoms with E-state index in [0.29, 0.717) is 6.61 Å². The molecule has 52 heavy (non-hydrogen) atoms. The highest BCUT2D eigenvalue weighted by molar-refractivity contribution is 5.69. The van der Waals surface area contributed by atoms with Crippen molar-refractivity contribution in [1.82, 2.24) is 0 Å². The Balaban J connectivity index is 2.36. The predicted molar refractivity (Wildman–Crippen MR) is 210 cm³/mol. The van der Waals surface area contributed by atoms with E-state index in [1.165, 1.54) is 6.42 Å². The van der Waals surface area contributed by atoms with Crippen molar-refractivity contribution in [2.75, 3.05) is 26.4 Å². The molecule has 0 aromatic rings. The Hall–Kier alpha value is -2.37. The van der Waals surface area contributed by atoms with Crippen LogP contribution in [-0.2, 0) is 23.7 Å². The molecular weight excluding hydrogens is 660 g/mol. The van der Waals surface area contributed by atoms with Crippen LogP contribution in [0.2, 0.25) is 0 Å². The van der Waals surface area contributed by atoms with Gasteiger partial charge >= 0.3 is 5.97 Å². The Morgan fingerprint density at radius 1 is 0.635 bits per heavy atom. The number of carbonyl (C=O) groups excluding carboxylic acids is 1. The van der Waals surface area contributed by atoms with Gasteiger partial charge in [-0.25, -0.2) is 0 Å². The number of allylic oxidation sites excluding steroid dienone is 12. The maximum Gasteiger partial charge on any atom is 0.306 e. The van der Waals surface area contributed by atoms with Gasteiger partial charge in [0.1, 0.15) is 30.5 Å². The van der Waals surface area contributed by atoms with Crippen molar-refractivity contribution >= 4 is 5.97 Å². The van der Waals surface area contributed by atoms with Gasteiger partial charge in [0.25, 0.3) is 0 Å². The quantitative estimate of drug-likeness (QED) is 0.0307. The lowest BCUT2D eigenvalue weighted by Crippen LogP contribution is -2.59. The van der Waals surface area contributed by atoms with Gasteiger partial charge in [-0.05, 0) is 77.0 Å². The molecule has 4 N–H and O–H groups in total. The van der Waals surface area contributed by atoms with E-state index in [-0.39, 0.29) is 25.6 Å². The van der Waals surface area contributed by atoms with Crippen LogP contribution < -0.4 is 0 Å². The summed E-state index contributed by atoms with van der Waals surface area (Å²) in [7, 11) is 0. The highest BCUT2D eigenvalue weighted by Gasteiger charge is 2.44. The fraction of sp³-hybridized carbons (Fsp3) is 0.698. The Morgan fingerprint density at radius 3 is 1.77 bits per heavy atom. The summed E-state index contributed by atoms with van der Waals surface area (Å²) in [6.07, 6.45) is 36.4. The lowest BCUT2D eigenvalue weighted by molar-refractivity contribution is -0.305. The maximum absolute atomic E-state index is 12.7. The van der Waals surface area contributed by atoms with Gasteiger partial charge in [0, 0.05) is 13.0 Å². The van der Waals surface area contributed by atoms with Crippen molar-refractivity contribution in [2.24, 2.45) is 0 Å². The van der Waals surface area contributed by atoms with Gasteiger partial charge in [0.2, 0.25) is 0 Å². The third kappa shape index (κ3) is 25.6. The summed E-state index contributed by atoms with van der Waals surface area (Å²) in [5, 5.41) is 40.0. The molecule has 6 unspecified atom stereocenters. The third-order valence-electron chi connectivity index (χ3n) is 8.59. The van der Waals surface area contributed by atoms with Crippen LogP contribution >= 0.6 is 0 Å². The van der Waals surface area contributed by atoms with Crippen molar-refractivity contribution in [2.45, 2.75) is 166 Å². The zero-order valence-electron chi connectivity index (χ0n) is 32.3. The summed E-state index contributed by atoms with van der Waals surface area (Å²) in [5.74, 6) is -0.344. The Kier molecular flexibility index (Phi) is 31.5. The first-order valence-electron chi connectivity index (χ1n) is 20.0. The first-order valence-corrected chi connectivity index (χ1v) is 20.0. The van der Waals surface area contributed by atoms with Crippen LogP contribution in [0.4, 0.5) is 0 Å². The van der Waals surface area contributed by atoms with Crippen molar-refractivity contribution in [3.8, 4) is 0 Å². The van der Waals surface area contributed by atoms with Crippen LogP contribution in [0.5, 0.6) is 0 Å². The number of ether oxygens (including phenoxy) is 4. The summed E-state index contributed by atoms with van der Waals surface area (Å²) in [5.41, 5.74) is 0. The van der Waals surface area contributed by atoms with E-state index in [9.17, 15) is 25.2 Å². The number of unbranched alkanes of at least 4 members (excludes halogenated alkanes) is 9. The number of aliphatic hydroxyl groups is 4. The summed E-state index contributed by atoms with van der Waals surface area (Å²) >= 11 is 0. The van der Waals surface area contributed by atoms with Crippen molar-refractivity contribution in [3.63, 3.8) is 0 Å². The zero-order valence-corrected chi connectivity index (χ0v) is 32.3. The second-order valence-corrected chi connectivity index (χ2v) is 13.3. The molecule has 0 bridgehead atoms. The molecule has 1 saturated heterocycles. The zero-order chi connectivity index (χ0) is 37.9. The normalized spacial score (nSPS) is 22.0. The van der Waals surface area contributed by atoms with Crippen LogP contribution in [0, 0.1) is 0 Å². The van der Waals surface area contributed by atoms with Crippen LogP contribution in [0.1, 0.15) is 129 Å². The summed E-state index contributed by atoms with van der Waals surface area (Å²) < 4.78 is 22.7. The van der Waals surface area contributed by atoms with Crippen LogP contribution in [0.15, 0.2) is 72.9 Å². The minimum absolute atomic E-state index is 0.113. The maximum atomic E-state index is 12.7. The number of hydrogen-bond donors (Lipinski definition) is 4. The van der Waals surface area contributed by atoms with E-state index in [0.717, 1.165) is 103 Å². The average Bonchev–Trinajstić information content (AvgIpc) is 3.14. The van der Waals surface area contributed by atoms with Crippen LogP contribution in [0.3, 0.4) is 0 Å². The summed E-state index contributed by atoms with van der Waals surface area (Å²) in [6.45, 7) is 4.25. The largest absolute Gasteiger partial charge is 0.457 e. The molecule has 1 heterocycles. The lowest BCUT2D eigenvalue weighted by atomic mass is 9.99. The first kappa shape index (κ1) is 47.7. The first-order chi connectivity index (χ1) is 25.4. The molecule has 1 fully saturated rings. The molecule has 0 radical (unpaired) electrons. The second kappa shape index (κ2) is 34.4. The molecule has 9 nitrogen and oxygen atoms in total. The number of aliphatic hydroxyl groups excluding tert-OH is 4. The van der Waals surface area contributed by atoms with Gasteiger partial charge in [-0.1, -0.05) is 119 Å². The third-order valence-corrected chi connectivity index (χ3v) is 8.59. The molecule has 1 aliphatic heterocycles. The standard InChI is InChI=1S/C43H72O9/c1-3-5-7-9-11-13-15-17-18-19-21-23-25-27-29-31-33-49-35-37(36-50-43-42(48)41(47)40(46)38(34-44)52-43)51-39(45)32-30-28-26-24-22-20-16-14-12-10-8-6-4-2/h5,7-8,10-11,13-14,16-18,21,23,37-38,40-44,46-48H,3-4,6,9,12,15,19-20,22,24-36H2,1-2H3/b7-5-,10-8-,13-11-,16-14-,18-17-,23-21-. The van der Waals surface area contributed by atoms with E-state index in [4.69, 9.17) is 18.9 Å². The van der Waals surface area contributed by atoms with Gasteiger partial charge in [0.05, 0.1) is 19.8 Å². The molecule has 0 amide bonds. The van der Waals surface area contributed by atoms with Gasteiger partial charge in [0.15, 0.2) is 6.29 Å². The van der Waals surface area contributed by atoms with Gasteiger partial charge in [-0.3, -0.25) is 4.79 Å². The van der Waals surface area contributed by atoms with E-state index in [2.05, 4.69) is 86.8 Å². The fourth-order valence-electron chi connectivity index (χ4n) is 5.46. The number of rotatable bonds is 32. The minimum atomic E-state index is -1.55. The van der Waals surface area contributed by atoms with Crippen LogP contribution in [0.25, 0.3) is 0 Å². The molecule has 0 aromatic heterocycles. The highest BCUT2D eigenvalue weighted by Crippen LogP contribution is 2.22. The van der Waals surface area contributed by atoms with Crippen molar-refractivity contribution in [3.05, 3.63) is 72.9 Å². The molecule has 0 saturated carbocycles. The molecule has 6 atom stereocenters. The van der Waals surface area contributed by atoms with E-state index >= 15 is 0 Å². The van der Waals surface area contributed by atoms with Gasteiger partial charge in [-0.2, -0.15) is 0 Å². The summed E-state index contributed by atoms with van der Waals surface area (Å²) in [4.78, 5) is 12.7. The van der Waals surface area contributed by atoms with E-state index in [1.807, 2.05) is 0 Å². The topological polar surface area (TPSA) is 135 Å². The fourth-order valence-corrected chi connectivity index (χ4v) is 5.46. The molecule has 1 aliphatic rings. The van der Waals surface area contributed by atoms with Crippen molar-refractivity contribution < 1.29 is 44.2 Å². The molecule has 298 valence electrons. The predicted octanol–water partition coefficient (Wildman–Crippen LogP) is 8.13. The van der Waals surface area contributed by atoms with Gasteiger partial charge in [-0.15, -0.1) is 0 Å². The van der Waals surface area contributed by atoms with E-state index < -0.39 is 43.4 Å². The number of hydrogen-bond acceptors (Lipinski definition) is 9. The molecule has 9 heteroatoms. The van der Waals surface area contributed by atoms with E-state index in [1.54, 1.807) is 0 Å². The molecule has 1 rings (SSSR count). The van der Waals surface area contributed by atoms with Crippen molar-refractivity contribution in [1.29, 1.82) is 0 Å². The second-order valence-electron chi connectivity index (χ2n) is 13.3. The SMILES string of the molecule is CC/C=C\C/C=C\C/C=C\C/C=C\CCCCCOCC(COC1OC(CO)C(O)C(O)C1O)OC(=O)CCCCCCC/C=C\C/C=C\CCC. The molecular formula is C43H72O9. The monoisotopic (exact) mass is 733 g/mol. The smallest absolute Gasteiger partial charge is 0.306 e.